The maximum Gasteiger partial charge on any atom is 1.00 e. The first-order chi connectivity index (χ1) is 16.6. The predicted octanol–water partition coefficient (Wildman–Crippen LogP) is -11.3. The van der Waals surface area contributed by atoms with Crippen LogP contribution in [0.25, 0.3) is 0 Å². The Morgan fingerprint density at radius 1 is 0.650 bits per heavy atom. The largest absolute Gasteiger partial charge is 1.00 e. The van der Waals surface area contributed by atoms with Gasteiger partial charge in [-0.05, 0) is 61.5 Å². The van der Waals surface area contributed by atoms with Gasteiger partial charge in [-0.25, -0.2) is 25.3 Å². The molecule has 0 bridgehead atoms. The zero-order chi connectivity index (χ0) is 26.9. The van der Waals surface area contributed by atoms with E-state index >= 15 is 0 Å². The molecule has 0 aliphatic heterocycles. The van der Waals surface area contributed by atoms with E-state index in [0.717, 1.165) is 36.4 Å². The molecule has 40 heavy (non-hydrogen) atoms. The van der Waals surface area contributed by atoms with Crippen molar-refractivity contribution in [3.8, 4) is 0 Å². The molecule has 10 nitrogen and oxygen atoms in total. The molecule has 0 aliphatic rings. The van der Waals surface area contributed by atoms with E-state index in [0.29, 0.717) is 6.29 Å². The number of carbonyl (C=O) groups excluding carboxylic acids is 1. The standard InChI is InChI=1S/C22H21O10PS3.ClH.3Na/c1-16(11-12-23)33(17-5-2-8-20(13-17)34(24,25)26,18-6-3-9-21(14-18)35(27,28)29)19-7-4-10-22(15-19)36(30,31)32;;;;/h2-10,12-16H,11H2,1H3,(H2-,24,25,26,27,28,29,30,31,32);1H;;;/q;;3*+1/p-3. The normalized spacial score (nSPS) is 12.4. The summed E-state index contributed by atoms with van der Waals surface area (Å²) in [7, 11) is -18.2. The maximum atomic E-state index is 11.8. The van der Waals surface area contributed by atoms with Crippen molar-refractivity contribution in [2.75, 3.05) is 0 Å². The Balaban J connectivity index is 0. The number of carbonyl (C=O) groups is 1. The Kier molecular flexibility index (Phi) is 18.0. The van der Waals surface area contributed by atoms with Gasteiger partial charge in [0.25, 0.3) is 0 Å². The van der Waals surface area contributed by atoms with E-state index < -0.39 is 58.0 Å². The summed E-state index contributed by atoms with van der Waals surface area (Å²) in [5.74, 6) is 0. The number of benzene rings is 3. The second-order valence-electron chi connectivity index (χ2n) is 7.83. The van der Waals surface area contributed by atoms with E-state index in [1.165, 1.54) is 36.4 Å². The van der Waals surface area contributed by atoms with Crippen LogP contribution in [0.4, 0.5) is 0 Å². The van der Waals surface area contributed by atoms with E-state index in [4.69, 9.17) is 0 Å². The Hall–Kier alpha value is 0.780. The molecule has 0 saturated heterocycles. The summed E-state index contributed by atoms with van der Waals surface area (Å²) in [5, 5.41) is 0.569. The van der Waals surface area contributed by atoms with Gasteiger partial charge < -0.3 is 30.9 Å². The summed E-state index contributed by atoms with van der Waals surface area (Å²) in [4.78, 5) is 9.79. The van der Waals surface area contributed by atoms with Gasteiger partial charge in [-0.3, -0.25) is 0 Å². The molecule has 3 aromatic rings. The summed E-state index contributed by atoms with van der Waals surface area (Å²) >= 11 is 0. The Bertz CT molecular complexity index is 1470. The van der Waals surface area contributed by atoms with Crippen LogP contribution in [-0.4, -0.2) is 50.9 Å². The fraction of sp³-hybridized carbons (Fsp3) is 0.136. The van der Waals surface area contributed by atoms with Crippen LogP contribution in [0.2, 0.25) is 0 Å². The fourth-order valence-corrected chi connectivity index (χ4v) is 10.7. The smallest absolute Gasteiger partial charge is 1.00 e. The van der Waals surface area contributed by atoms with Crippen LogP contribution in [0.15, 0.2) is 87.5 Å². The molecular formula is C22H19ClNa3O10PS3. The minimum atomic E-state index is -4.94. The van der Waals surface area contributed by atoms with Crippen molar-refractivity contribution < 1.29 is 145 Å². The van der Waals surface area contributed by atoms with Crippen molar-refractivity contribution in [1.29, 1.82) is 0 Å². The van der Waals surface area contributed by atoms with Gasteiger partial charge in [0, 0.05) is 6.42 Å². The van der Waals surface area contributed by atoms with Gasteiger partial charge >= 0.3 is 88.7 Å². The molecular weight excluding hydrogens is 656 g/mol. The average molecular weight is 675 g/mol. The second kappa shape index (κ2) is 16.7. The molecule has 0 N–H and O–H groups in total. The van der Waals surface area contributed by atoms with Gasteiger partial charge in [0.1, 0.15) is 59.8 Å². The number of hydrogen-bond acceptors (Lipinski definition) is 10. The third-order valence-electron chi connectivity index (χ3n) is 5.64. The molecule has 0 radical (unpaired) electrons. The third kappa shape index (κ3) is 9.64. The van der Waals surface area contributed by atoms with E-state index in [1.807, 2.05) is 0 Å². The molecule has 0 aliphatic carbocycles. The Morgan fingerprint density at radius 2 is 0.925 bits per heavy atom. The zero-order valence-corrected chi connectivity index (χ0v) is 32.0. The van der Waals surface area contributed by atoms with E-state index in [1.54, 1.807) is 6.92 Å². The topological polar surface area (TPSA) is 189 Å². The molecule has 200 valence electrons. The van der Waals surface area contributed by atoms with Crippen molar-refractivity contribution in [3.05, 3.63) is 72.8 Å². The molecule has 0 aromatic heterocycles. The van der Waals surface area contributed by atoms with Crippen molar-refractivity contribution in [2.24, 2.45) is 0 Å². The molecule has 1 atom stereocenters. The first kappa shape index (κ1) is 42.9. The van der Waals surface area contributed by atoms with Crippen LogP contribution in [0.5, 0.6) is 0 Å². The van der Waals surface area contributed by atoms with Crippen molar-refractivity contribution >= 4 is 59.8 Å². The summed E-state index contributed by atoms with van der Waals surface area (Å²) in [6.07, 6.45) is 0.431. The van der Waals surface area contributed by atoms with Crippen LogP contribution in [0, 0.1) is 0 Å². The van der Waals surface area contributed by atoms with Gasteiger partial charge in [-0.15, -0.1) is 0 Å². The Morgan fingerprint density at radius 3 is 1.15 bits per heavy atom. The molecule has 0 fully saturated rings. The summed E-state index contributed by atoms with van der Waals surface area (Å²) in [6.45, 7) is 1.61. The number of halogens is 1. The third-order valence-corrected chi connectivity index (χ3v) is 12.9. The minimum Gasteiger partial charge on any atom is -1.00 e. The average Bonchev–Trinajstić information content (AvgIpc) is 2.79. The number of hydrogen-bond donors (Lipinski definition) is 0. The van der Waals surface area contributed by atoms with E-state index in [9.17, 15) is 43.7 Å². The van der Waals surface area contributed by atoms with Crippen LogP contribution in [0.3, 0.4) is 0 Å². The quantitative estimate of drug-likeness (QED) is 0.0913. The van der Waals surface area contributed by atoms with Crippen LogP contribution in [-0.2, 0) is 35.1 Å². The molecule has 1 unspecified atom stereocenters. The zero-order valence-electron chi connectivity index (χ0n) is 21.9. The van der Waals surface area contributed by atoms with Crippen molar-refractivity contribution in [3.63, 3.8) is 0 Å². The first-order valence-corrected chi connectivity index (χ1v) is 16.2. The molecule has 0 spiro atoms. The Labute approximate surface area is 307 Å². The predicted molar refractivity (Wildman–Crippen MR) is 129 cm³/mol. The van der Waals surface area contributed by atoms with Gasteiger partial charge in [-0.1, -0.05) is 18.2 Å². The summed E-state index contributed by atoms with van der Waals surface area (Å²) < 4.78 is 106. The van der Waals surface area contributed by atoms with Crippen LogP contribution < -0.4 is 117 Å². The van der Waals surface area contributed by atoms with Gasteiger partial charge in [0.15, 0.2) is 0 Å². The monoisotopic (exact) mass is 674 g/mol. The fourth-order valence-electron chi connectivity index (χ4n) is 4.08. The number of rotatable bonds is 9. The van der Waals surface area contributed by atoms with E-state index in [-0.39, 0.29) is 123 Å². The summed E-state index contributed by atoms with van der Waals surface area (Å²) in [6, 6.07) is 14.6. The summed E-state index contributed by atoms with van der Waals surface area (Å²) in [5.41, 5.74) is -0.714. The molecule has 0 amide bonds. The van der Waals surface area contributed by atoms with Crippen LogP contribution >= 0.6 is 7.26 Å². The molecule has 3 aromatic carbocycles. The number of aldehydes is 1. The first-order valence-electron chi connectivity index (χ1n) is 10.1. The molecule has 0 heterocycles. The maximum absolute atomic E-state index is 11.8. The molecule has 18 heteroatoms. The molecule has 3 rings (SSSR count). The van der Waals surface area contributed by atoms with Gasteiger partial charge in [-0.2, -0.15) is 0 Å². The van der Waals surface area contributed by atoms with E-state index in [2.05, 4.69) is 0 Å². The van der Waals surface area contributed by atoms with Crippen LogP contribution in [0.1, 0.15) is 13.3 Å². The second-order valence-corrected chi connectivity index (χ2v) is 15.8. The SMILES string of the molecule is CC(CC=O)[P+](c1cccc(S(=O)(=O)[O-])c1)(c1cccc(S(=O)(=O)[O-])c1)c1cccc(S(=O)(=O)[O-])c1.[Cl-].[Na+].[Na+].[Na+]. The van der Waals surface area contributed by atoms with Gasteiger partial charge in [0.2, 0.25) is 0 Å². The van der Waals surface area contributed by atoms with Crippen molar-refractivity contribution in [2.45, 2.75) is 33.7 Å². The molecule has 0 saturated carbocycles. The minimum absolute atomic E-state index is 0. The van der Waals surface area contributed by atoms with Gasteiger partial charge in [0.05, 0.1) is 20.3 Å². The van der Waals surface area contributed by atoms with Crippen molar-refractivity contribution in [1.82, 2.24) is 0 Å².